The van der Waals surface area contributed by atoms with Gasteiger partial charge in [0.25, 0.3) is 5.56 Å². The Morgan fingerprint density at radius 1 is 1.32 bits per heavy atom. The van der Waals surface area contributed by atoms with Gasteiger partial charge in [-0.05, 0) is 31.7 Å². The minimum absolute atomic E-state index is 0.0669. The van der Waals surface area contributed by atoms with Crippen LogP contribution in [0.1, 0.15) is 37.8 Å². The fraction of sp³-hybridized carbons (Fsp3) is 0.533. The van der Waals surface area contributed by atoms with E-state index < -0.39 is 9.84 Å². The maximum atomic E-state index is 12.6. The van der Waals surface area contributed by atoms with Crippen molar-refractivity contribution < 1.29 is 8.42 Å². The predicted octanol–water partition coefficient (Wildman–Crippen LogP) is 1.86. The van der Waals surface area contributed by atoms with Crippen LogP contribution in [0.5, 0.6) is 0 Å². The highest BCUT2D eigenvalue weighted by atomic mass is 32.2. The van der Waals surface area contributed by atoms with Crippen LogP contribution in [0.25, 0.3) is 11.0 Å². The first-order valence-corrected chi connectivity index (χ1v) is 9.27. The van der Waals surface area contributed by atoms with Gasteiger partial charge in [0, 0.05) is 29.4 Å². The maximum Gasteiger partial charge on any atom is 0.255 e. The summed E-state index contributed by atoms with van der Waals surface area (Å²) in [5, 5.41) is 0.464. The first kappa shape index (κ1) is 15.1. The molecule has 0 unspecified atom stereocenters. The third-order valence-corrected chi connectivity index (χ3v) is 5.27. The normalized spacial score (nSPS) is 22.3. The standard InChI is InChI=1S/C15H19N3O3S/c1-9-5-4-6-12(9)18-13-11(7-10(2)14(18)19)8-16-15(17-13)22(3,20)21/h7-9,12H,4-6H2,1-3H3/t9-,12+/m0/s1. The molecule has 2 heterocycles. The van der Waals surface area contributed by atoms with Gasteiger partial charge in [-0.3, -0.25) is 9.36 Å². The van der Waals surface area contributed by atoms with E-state index in [0.717, 1.165) is 25.5 Å². The second kappa shape index (κ2) is 5.15. The fourth-order valence-corrected chi connectivity index (χ4v) is 3.73. The van der Waals surface area contributed by atoms with E-state index in [2.05, 4.69) is 16.9 Å². The Hall–Kier alpha value is -1.76. The van der Waals surface area contributed by atoms with Crippen molar-refractivity contribution in [1.82, 2.24) is 14.5 Å². The molecule has 0 saturated heterocycles. The quantitative estimate of drug-likeness (QED) is 0.789. The number of rotatable bonds is 2. The number of pyridine rings is 1. The molecule has 7 heteroatoms. The number of nitrogens with zero attached hydrogens (tertiary/aromatic N) is 3. The molecule has 1 fully saturated rings. The second-order valence-corrected chi connectivity index (χ2v) is 8.09. The summed E-state index contributed by atoms with van der Waals surface area (Å²) < 4.78 is 25.1. The van der Waals surface area contributed by atoms with E-state index in [4.69, 9.17) is 0 Å². The summed E-state index contributed by atoms with van der Waals surface area (Å²) in [5.41, 5.74) is 0.955. The number of aryl methyl sites for hydroxylation is 1. The minimum Gasteiger partial charge on any atom is -0.289 e. The fourth-order valence-electron chi connectivity index (χ4n) is 3.24. The minimum atomic E-state index is -3.51. The van der Waals surface area contributed by atoms with Gasteiger partial charge in [0.05, 0.1) is 0 Å². The summed E-state index contributed by atoms with van der Waals surface area (Å²) in [5.74, 6) is 0.374. The number of hydrogen-bond acceptors (Lipinski definition) is 5. The number of aromatic nitrogens is 3. The van der Waals surface area contributed by atoms with Crippen LogP contribution in [-0.2, 0) is 9.84 Å². The topological polar surface area (TPSA) is 81.9 Å². The average molecular weight is 321 g/mol. The largest absolute Gasteiger partial charge is 0.289 e. The molecule has 0 aromatic carbocycles. The highest BCUT2D eigenvalue weighted by Gasteiger charge is 2.28. The molecule has 2 atom stereocenters. The zero-order valence-corrected chi connectivity index (χ0v) is 13.7. The molecule has 0 amide bonds. The van der Waals surface area contributed by atoms with Gasteiger partial charge in [-0.2, -0.15) is 4.98 Å². The van der Waals surface area contributed by atoms with Crippen molar-refractivity contribution in [2.45, 2.75) is 44.3 Å². The van der Waals surface area contributed by atoms with Crippen LogP contribution >= 0.6 is 0 Å². The van der Waals surface area contributed by atoms with E-state index in [-0.39, 0.29) is 16.8 Å². The third-order valence-electron chi connectivity index (χ3n) is 4.41. The summed E-state index contributed by atoms with van der Waals surface area (Å²) in [4.78, 5) is 20.7. The Balaban J connectivity index is 2.36. The Kier molecular flexibility index (Phi) is 3.55. The lowest BCUT2D eigenvalue weighted by atomic mass is 10.1. The van der Waals surface area contributed by atoms with Gasteiger partial charge in [-0.1, -0.05) is 13.3 Å². The molecule has 22 heavy (non-hydrogen) atoms. The van der Waals surface area contributed by atoms with Crippen LogP contribution in [0.4, 0.5) is 0 Å². The molecule has 0 bridgehead atoms. The van der Waals surface area contributed by atoms with Crippen molar-refractivity contribution in [3.05, 3.63) is 28.2 Å². The van der Waals surface area contributed by atoms with Crippen LogP contribution in [0, 0.1) is 12.8 Å². The second-order valence-electron chi connectivity index (χ2n) is 6.18. The van der Waals surface area contributed by atoms with Gasteiger partial charge in [0.1, 0.15) is 5.65 Å². The van der Waals surface area contributed by atoms with E-state index in [1.165, 1.54) is 6.20 Å². The van der Waals surface area contributed by atoms with Gasteiger partial charge in [0.2, 0.25) is 15.0 Å². The van der Waals surface area contributed by atoms with Gasteiger partial charge >= 0.3 is 0 Å². The Bertz CT molecular complexity index is 902. The van der Waals surface area contributed by atoms with E-state index >= 15 is 0 Å². The van der Waals surface area contributed by atoms with Crippen molar-refractivity contribution in [2.75, 3.05) is 6.26 Å². The van der Waals surface area contributed by atoms with Crippen LogP contribution < -0.4 is 5.56 Å². The Morgan fingerprint density at radius 3 is 2.64 bits per heavy atom. The first-order valence-electron chi connectivity index (χ1n) is 7.38. The number of fused-ring (bicyclic) bond motifs is 1. The highest BCUT2D eigenvalue weighted by Crippen LogP contribution is 2.35. The molecular formula is C15H19N3O3S. The predicted molar refractivity (Wildman–Crippen MR) is 83.7 cm³/mol. The molecule has 0 aliphatic heterocycles. The van der Waals surface area contributed by atoms with Crippen LogP contribution in [-0.4, -0.2) is 29.2 Å². The molecule has 0 spiro atoms. The molecule has 2 aromatic rings. The van der Waals surface area contributed by atoms with Crippen LogP contribution in [0.2, 0.25) is 0 Å². The van der Waals surface area contributed by atoms with Gasteiger partial charge in [-0.25, -0.2) is 13.4 Å². The SMILES string of the molecule is Cc1cc2cnc(S(C)(=O)=O)nc2n([C@@H]2CCC[C@@H]2C)c1=O. The van der Waals surface area contributed by atoms with Crippen molar-refractivity contribution in [2.24, 2.45) is 5.92 Å². The van der Waals surface area contributed by atoms with Crippen molar-refractivity contribution in [3.8, 4) is 0 Å². The van der Waals surface area contributed by atoms with Gasteiger partial charge < -0.3 is 0 Å². The Labute approximate surface area is 129 Å². The van der Waals surface area contributed by atoms with Crippen molar-refractivity contribution in [3.63, 3.8) is 0 Å². The third kappa shape index (κ3) is 2.43. The van der Waals surface area contributed by atoms with E-state index in [1.54, 1.807) is 17.6 Å². The van der Waals surface area contributed by atoms with E-state index in [1.807, 2.05) is 0 Å². The molecule has 118 valence electrons. The molecule has 1 saturated carbocycles. The summed E-state index contributed by atoms with van der Waals surface area (Å²) in [6, 6.07) is 1.79. The zero-order valence-electron chi connectivity index (χ0n) is 12.9. The molecule has 1 aliphatic carbocycles. The van der Waals surface area contributed by atoms with Crippen LogP contribution in [0.15, 0.2) is 22.2 Å². The monoisotopic (exact) mass is 321 g/mol. The zero-order chi connectivity index (χ0) is 16.1. The van der Waals surface area contributed by atoms with Gasteiger partial charge in [0.15, 0.2) is 0 Å². The molecule has 3 rings (SSSR count). The summed E-state index contributed by atoms with van der Waals surface area (Å²) in [6.07, 6.45) is 5.61. The Morgan fingerprint density at radius 2 is 2.05 bits per heavy atom. The van der Waals surface area contributed by atoms with Crippen molar-refractivity contribution >= 4 is 20.9 Å². The molecule has 6 nitrogen and oxygen atoms in total. The lowest BCUT2D eigenvalue weighted by molar-refractivity contribution is 0.405. The molecular weight excluding hydrogens is 302 g/mol. The lowest BCUT2D eigenvalue weighted by Gasteiger charge is -2.21. The smallest absolute Gasteiger partial charge is 0.255 e. The average Bonchev–Trinajstić information content (AvgIpc) is 2.85. The molecule has 1 aliphatic rings. The number of hydrogen-bond donors (Lipinski definition) is 0. The van der Waals surface area contributed by atoms with E-state index in [9.17, 15) is 13.2 Å². The summed E-state index contributed by atoms with van der Waals surface area (Å²) in [6.45, 7) is 3.89. The summed E-state index contributed by atoms with van der Waals surface area (Å²) in [7, 11) is -3.51. The summed E-state index contributed by atoms with van der Waals surface area (Å²) >= 11 is 0. The lowest BCUT2D eigenvalue weighted by Crippen LogP contribution is -2.29. The molecule has 0 radical (unpaired) electrons. The first-order chi connectivity index (χ1) is 10.3. The van der Waals surface area contributed by atoms with E-state index in [0.29, 0.717) is 22.5 Å². The highest BCUT2D eigenvalue weighted by molar-refractivity contribution is 7.90. The van der Waals surface area contributed by atoms with Crippen molar-refractivity contribution in [1.29, 1.82) is 0 Å². The van der Waals surface area contributed by atoms with Crippen LogP contribution in [0.3, 0.4) is 0 Å². The molecule has 2 aromatic heterocycles. The molecule has 0 N–H and O–H groups in total. The van der Waals surface area contributed by atoms with Gasteiger partial charge in [-0.15, -0.1) is 0 Å². The number of sulfone groups is 1. The maximum absolute atomic E-state index is 12.6.